The summed E-state index contributed by atoms with van der Waals surface area (Å²) in [5.41, 5.74) is 0.805. The highest BCUT2D eigenvalue weighted by molar-refractivity contribution is 7.91. The minimum Gasteiger partial charge on any atom is -0.508 e. The summed E-state index contributed by atoms with van der Waals surface area (Å²) in [6.45, 7) is 1.28. The Morgan fingerprint density at radius 1 is 1.19 bits per heavy atom. The van der Waals surface area contributed by atoms with Crippen LogP contribution >= 0.6 is 0 Å². The quantitative estimate of drug-likeness (QED) is 0.763. The van der Waals surface area contributed by atoms with E-state index < -0.39 is 22.4 Å². The number of hydrogen-bond donors (Lipinski definition) is 1. The SMILES string of the molecule is Cc1ccc(C(=O)OCC(=O)N(C2CCCC2)C2CCS(=O)(=O)C2)cc1O. The standard InChI is InChI=1S/C19H25NO6S/c1-13-6-7-14(10-17(13)21)19(23)26-11-18(22)20(15-4-2-3-5-15)16-8-9-27(24,25)12-16/h6-7,10,15-16,21H,2-5,8-9,11-12H2,1H3. The molecule has 0 spiro atoms. The second-order valence-corrected chi connectivity index (χ2v) is 9.60. The van der Waals surface area contributed by atoms with Gasteiger partial charge in [0.2, 0.25) is 0 Å². The van der Waals surface area contributed by atoms with E-state index in [1.807, 2.05) is 0 Å². The first-order valence-corrected chi connectivity index (χ1v) is 11.1. The van der Waals surface area contributed by atoms with Crippen LogP contribution in [-0.4, -0.2) is 60.5 Å². The van der Waals surface area contributed by atoms with Crippen LogP contribution in [0.15, 0.2) is 18.2 Å². The molecule has 1 aliphatic carbocycles. The van der Waals surface area contributed by atoms with Gasteiger partial charge < -0.3 is 14.7 Å². The van der Waals surface area contributed by atoms with E-state index in [9.17, 15) is 23.1 Å². The van der Waals surface area contributed by atoms with Crippen molar-refractivity contribution < 1.29 is 27.9 Å². The van der Waals surface area contributed by atoms with Crippen LogP contribution in [0, 0.1) is 6.92 Å². The molecule has 1 N–H and O–H groups in total. The normalized spacial score (nSPS) is 21.9. The zero-order valence-electron chi connectivity index (χ0n) is 15.4. The van der Waals surface area contributed by atoms with Gasteiger partial charge in [0.25, 0.3) is 5.91 Å². The monoisotopic (exact) mass is 395 g/mol. The van der Waals surface area contributed by atoms with Crippen molar-refractivity contribution in [2.45, 2.75) is 51.1 Å². The highest BCUT2D eigenvalue weighted by atomic mass is 32.2. The number of benzene rings is 1. The lowest BCUT2D eigenvalue weighted by Gasteiger charge is -2.33. The topological polar surface area (TPSA) is 101 Å². The van der Waals surface area contributed by atoms with Crippen molar-refractivity contribution in [1.82, 2.24) is 4.90 Å². The van der Waals surface area contributed by atoms with Crippen LogP contribution in [0.4, 0.5) is 0 Å². The minimum absolute atomic E-state index is 0.0120. The van der Waals surface area contributed by atoms with E-state index in [0.29, 0.717) is 12.0 Å². The van der Waals surface area contributed by atoms with Gasteiger partial charge in [-0.15, -0.1) is 0 Å². The fourth-order valence-corrected chi connectivity index (χ4v) is 5.62. The maximum Gasteiger partial charge on any atom is 0.338 e. The fraction of sp³-hybridized carbons (Fsp3) is 0.579. The van der Waals surface area contributed by atoms with Crippen molar-refractivity contribution in [1.29, 1.82) is 0 Å². The van der Waals surface area contributed by atoms with Crippen molar-refractivity contribution in [3.8, 4) is 5.75 Å². The summed E-state index contributed by atoms with van der Waals surface area (Å²) < 4.78 is 28.8. The summed E-state index contributed by atoms with van der Waals surface area (Å²) >= 11 is 0. The molecule has 1 amide bonds. The molecule has 1 atom stereocenters. The molecule has 0 bridgehead atoms. The molecule has 27 heavy (non-hydrogen) atoms. The molecule has 1 heterocycles. The summed E-state index contributed by atoms with van der Waals surface area (Å²) in [5, 5.41) is 9.71. The van der Waals surface area contributed by atoms with Crippen LogP contribution in [0.2, 0.25) is 0 Å². The fourth-order valence-electron chi connectivity index (χ4n) is 3.90. The Balaban J connectivity index is 1.67. The number of nitrogens with zero attached hydrogens (tertiary/aromatic N) is 1. The number of esters is 1. The Bertz CT molecular complexity index is 829. The first-order valence-electron chi connectivity index (χ1n) is 9.25. The predicted molar refractivity (Wildman–Crippen MR) is 99.3 cm³/mol. The third kappa shape index (κ3) is 4.61. The number of carbonyl (C=O) groups is 2. The summed E-state index contributed by atoms with van der Waals surface area (Å²) in [5.74, 6) is -0.983. The van der Waals surface area contributed by atoms with Gasteiger partial charge in [0, 0.05) is 12.1 Å². The lowest BCUT2D eigenvalue weighted by molar-refractivity contribution is -0.139. The third-order valence-electron chi connectivity index (χ3n) is 5.38. The number of phenols is 1. The summed E-state index contributed by atoms with van der Waals surface area (Å²) in [6.07, 6.45) is 4.15. The van der Waals surface area contributed by atoms with Crippen LogP contribution < -0.4 is 0 Å². The van der Waals surface area contributed by atoms with Gasteiger partial charge in [-0.25, -0.2) is 13.2 Å². The number of phenolic OH excluding ortho intramolecular Hbond substituents is 1. The second kappa shape index (κ2) is 7.88. The van der Waals surface area contributed by atoms with Gasteiger partial charge in [-0.1, -0.05) is 18.9 Å². The number of aryl methyl sites for hydroxylation is 1. The summed E-state index contributed by atoms with van der Waals surface area (Å²) in [6, 6.07) is 4.10. The molecule has 0 aromatic heterocycles. The largest absolute Gasteiger partial charge is 0.508 e. The second-order valence-electron chi connectivity index (χ2n) is 7.37. The van der Waals surface area contributed by atoms with Crippen LogP contribution in [0.3, 0.4) is 0 Å². The Morgan fingerprint density at radius 2 is 1.89 bits per heavy atom. The van der Waals surface area contributed by atoms with E-state index in [4.69, 9.17) is 4.74 Å². The van der Waals surface area contributed by atoms with Crippen LogP contribution in [0.25, 0.3) is 0 Å². The van der Waals surface area contributed by atoms with Gasteiger partial charge in [0.1, 0.15) is 5.75 Å². The molecule has 148 valence electrons. The molecule has 2 fully saturated rings. The van der Waals surface area contributed by atoms with E-state index in [2.05, 4.69) is 0 Å². The predicted octanol–water partition coefficient (Wildman–Crippen LogP) is 1.82. The third-order valence-corrected chi connectivity index (χ3v) is 7.13. The van der Waals surface area contributed by atoms with Crippen LogP contribution in [0.1, 0.15) is 48.0 Å². The summed E-state index contributed by atoms with van der Waals surface area (Å²) in [7, 11) is -3.12. The average molecular weight is 395 g/mol. The van der Waals surface area contributed by atoms with Crippen molar-refractivity contribution in [3.63, 3.8) is 0 Å². The van der Waals surface area contributed by atoms with Crippen molar-refractivity contribution in [3.05, 3.63) is 29.3 Å². The summed E-state index contributed by atoms with van der Waals surface area (Å²) in [4.78, 5) is 26.6. The highest BCUT2D eigenvalue weighted by Crippen LogP contribution is 2.29. The zero-order valence-corrected chi connectivity index (χ0v) is 16.2. The molecule has 7 nitrogen and oxygen atoms in total. The van der Waals surface area contributed by atoms with E-state index in [1.165, 1.54) is 12.1 Å². The van der Waals surface area contributed by atoms with E-state index in [0.717, 1.165) is 25.7 Å². The Labute approximate surface area is 159 Å². The van der Waals surface area contributed by atoms with Gasteiger partial charge in [-0.2, -0.15) is 0 Å². The molecule has 0 radical (unpaired) electrons. The van der Waals surface area contributed by atoms with E-state index >= 15 is 0 Å². The Hall–Kier alpha value is -2.09. The van der Waals surface area contributed by atoms with E-state index in [1.54, 1.807) is 17.9 Å². The maximum absolute atomic E-state index is 12.8. The van der Waals surface area contributed by atoms with Crippen LogP contribution in [-0.2, 0) is 19.4 Å². The number of hydrogen-bond acceptors (Lipinski definition) is 6. The molecule has 2 aliphatic rings. The Kier molecular flexibility index (Phi) is 5.74. The Morgan fingerprint density at radius 3 is 2.48 bits per heavy atom. The lowest BCUT2D eigenvalue weighted by atomic mass is 10.1. The van der Waals surface area contributed by atoms with Crippen molar-refractivity contribution in [2.75, 3.05) is 18.1 Å². The molecule has 1 unspecified atom stereocenters. The number of rotatable bonds is 5. The molecule has 3 rings (SSSR count). The van der Waals surface area contributed by atoms with Gasteiger partial charge >= 0.3 is 5.97 Å². The molecule has 1 aliphatic heterocycles. The smallest absolute Gasteiger partial charge is 0.338 e. The van der Waals surface area contributed by atoms with Gasteiger partial charge in [0.15, 0.2) is 16.4 Å². The first-order chi connectivity index (χ1) is 12.8. The molecular weight excluding hydrogens is 370 g/mol. The highest BCUT2D eigenvalue weighted by Gasteiger charge is 2.39. The van der Waals surface area contributed by atoms with Gasteiger partial charge in [-0.05, 0) is 43.9 Å². The zero-order chi connectivity index (χ0) is 19.6. The number of amides is 1. The number of carbonyl (C=O) groups excluding carboxylic acids is 2. The molecule has 1 saturated carbocycles. The first kappa shape index (κ1) is 19.7. The average Bonchev–Trinajstić information content (AvgIpc) is 3.25. The lowest BCUT2D eigenvalue weighted by Crippen LogP contribution is -2.48. The molecule has 1 aromatic carbocycles. The van der Waals surface area contributed by atoms with Gasteiger partial charge in [0.05, 0.1) is 17.1 Å². The maximum atomic E-state index is 12.8. The molecule has 1 saturated heterocycles. The number of aromatic hydroxyl groups is 1. The minimum atomic E-state index is -3.12. The van der Waals surface area contributed by atoms with Gasteiger partial charge in [-0.3, -0.25) is 4.79 Å². The van der Waals surface area contributed by atoms with Crippen molar-refractivity contribution >= 4 is 21.7 Å². The van der Waals surface area contributed by atoms with Crippen molar-refractivity contribution in [2.24, 2.45) is 0 Å². The molecule has 1 aromatic rings. The number of ether oxygens (including phenoxy) is 1. The van der Waals surface area contributed by atoms with E-state index in [-0.39, 0.29) is 40.8 Å². The van der Waals surface area contributed by atoms with Crippen LogP contribution in [0.5, 0.6) is 5.75 Å². The molecular formula is C19H25NO6S. The molecule has 8 heteroatoms. The number of sulfone groups is 1.